The molecule has 2 aromatic carbocycles. The molecule has 7 nitrogen and oxygen atoms in total. The second-order valence-electron chi connectivity index (χ2n) is 9.06. The van der Waals surface area contributed by atoms with Crippen molar-refractivity contribution in [3.8, 4) is 0 Å². The molecule has 1 aliphatic rings. The maximum atomic E-state index is 13.6. The summed E-state index contributed by atoms with van der Waals surface area (Å²) in [5, 5.41) is 10.2. The molecule has 182 valence electrons. The fraction of sp³-hybridized carbons (Fsp3) is 0.444. The minimum atomic E-state index is -1.20. The van der Waals surface area contributed by atoms with E-state index in [1.165, 1.54) is 0 Å². The average molecular weight is 466 g/mol. The van der Waals surface area contributed by atoms with Crippen LogP contribution in [0.4, 0.5) is 16.2 Å². The van der Waals surface area contributed by atoms with Gasteiger partial charge in [-0.2, -0.15) is 0 Å². The summed E-state index contributed by atoms with van der Waals surface area (Å²) in [6.45, 7) is 3.46. The van der Waals surface area contributed by atoms with Crippen LogP contribution in [0.1, 0.15) is 45.4 Å². The lowest BCUT2D eigenvalue weighted by atomic mass is 9.75. The lowest BCUT2D eigenvalue weighted by Gasteiger charge is -2.40. The quantitative estimate of drug-likeness (QED) is 0.519. The minimum Gasteiger partial charge on any atom is -0.481 e. The van der Waals surface area contributed by atoms with E-state index in [9.17, 15) is 19.5 Å². The molecule has 1 N–H and O–H groups in total. The number of piperidine rings is 1. The largest absolute Gasteiger partial charge is 0.481 e. The van der Waals surface area contributed by atoms with Crippen LogP contribution in [0.5, 0.6) is 0 Å². The van der Waals surface area contributed by atoms with Crippen molar-refractivity contribution in [1.82, 2.24) is 9.80 Å². The first-order valence-corrected chi connectivity index (χ1v) is 12.0. The smallest absolute Gasteiger partial charge is 0.319 e. The molecule has 0 saturated carbocycles. The third-order valence-corrected chi connectivity index (χ3v) is 6.64. The predicted molar refractivity (Wildman–Crippen MR) is 133 cm³/mol. The molecule has 3 amide bonds. The van der Waals surface area contributed by atoms with Crippen LogP contribution >= 0.6 is 0 Å². The molecule has 1 heterocycles. The molecular formula is C27H35N3O4. The molecule has 7 heteroatoms. The molecule has 0 unspecified atom stereocenters. The van der Waals surface area contributed by atoms with Gasteiger partial charge in [0.2, 0.25) is 5.91 Å². The van der Waals surface area contributed by atoms with Crippen LogP contribution in [0.2, 0.25) is 0 Å². The number of para-hydroxylation sites is 2. The van der Waals surface area contributed by atoms with Crippen molar-refractivity contribution in [1.29, 1.82) is 0 Å². The summed E-state index contributed by atoms with van der Waals surface area (Å²) in [5.41, 5.74) is 0.192. The van der Waals surface area contributed by atoms with Gasteiger partial charge in [0, 0.05) is 44.5 Å². The van der Waals surface area contributed by atoms with Crippen molar-refractivity contribution in [2.45, 2.75) is 45.4 Å². The van der Waals surface area contributed by atoms with E-state index in [4.69, 9.17) is 0 Å². The van der Waals surface area contributed by atoms with E-state index in [0.717, 1.165) is 19.3 Å². The predicted octanol–water partition coefficient (Wildman–Crippen LogP) is 5.15. The zero-order chi connectivity index (χ0) is 24.6. The molecule has 3 rings (SSSR count). The van der Waals surface area contributed by atoms with Crippen LogP contribution in [0.3, 0.4) is 0 Å². The van der Waals surface area contributed by atoms with Crippen molar-refractivity contribution in [3.05, 3.63) is 60.7 Å². The van der Waals surface area contributed by atoms with E-state index < -0.39 is 11.4 Å². The first-order valence-electron chi connectivity index (χ1n) is 12.0. The number of urea groups is 1. The Morgan fingerprint density at radius 3 is 1.91 bits per heavy atom. The molecule has 34 heavy (non-hydrogen) atoms. The van der Waals surface area contributed by atoms with E-state index >= 15 is 0 Å². The van der Waals surface area contributed by atoms with Crippen LogP contribution in [-0.2, 0) is 9.59 Å². The number of hydrogen-bond donors (Lipinski definition) is 1. The number of aliphatic carboxylic acids is 1. The number of rotatable bonds is 9. The number of carbonyl (C=O) groups is 3. The third-order valence-electron chi connectivity index (χ3n) is 6.64. The van der Waals surface area contributed by atoms with Gasteiger partial charge in [0.05, 0.1) is 5.41 Å². The number of nitrogens with zero attached hydrogens (tertiary/aromatic N) is 3. The molecule has 0 aromatic heterocycles. The van der Waals surface area contributed by atoms with Gasteiger partial charge in [-0.3, -0.25) is 14.5 Å². The Labute approximate surface area is 202 Å². The summed E-state index contributed by atoms with van der Waals surface area (Å²) in [6.07, 6.45) is 3.49. The van der Waals surface area contributed by atoms with E-state index in [1.54, 1.807) is 21.7 Å². The number of likely N-dealkylation sites (tertiary alicyclic amines) is 1. The van der Waals surface area contributed by atoms with Gasteiger partial charge < -0.3 is 14.9 Å². The highest BCUT2D eigenvalue weighted by atomic mass is 16.4. The molecule has 0 spiro atoms. The maximum absolute atomic E-state index is 13.6. The van der Waals surface area contributed by atoms with Gasteiger partial charge in [0.1, 0.15) is 0 Å². The zero-order valence-electron chi connectivity index (χ0n) is 20.2. The molecule has 2 aromatic rings. The van der Waals surface area contributed by atoms with Crippen LogP contribution < -0.4 is 4.90 Å². The third kappa shape index (κ3) is 5.95. The number of carboxylic acid groups (broad SMARTS) is 1. The monoisotopic (exact) mass is 465 g/mol. The van der Waals surface area contributed by atoms with Gasteiger partial charge in [-0.05, 0) is 43.5 Å². The second kappa shape index (κ2) is 11.7. The number of anilines is 2. The van der Waals surface area contributed by atoms with Crippen molar-refractivity contribution < 1.29 is 19.5 Å². The van der Waals surface area contributed by atoms with Crippen molar-refractivity contribution in [2.75, 3.05) is 31.6 Å². The summed E-state index contributed by atoms with van der Waals surface area (Å²) >= 11 is 0. The maximum Gasteiger partial charge on any atom is 0.319 e. The highest BCUT2D eigenvalue weighted by Crippen LogP contribution is 2.38. The summed E-state index contributed by atoms with van der Waals surface area (Å²) in [5.74, 6) is -1.25. The van der Waals surface area contributed by atoms with Gasteiger partial charge in [-0.1, -0.05) is 56.2 Å². The molecule has 0 radical (unpaired) electrons. The van der Waals surface area contributed by atoms with Gasteiger partial charge in [0.15, 0.2) is 0 Å². The first-order chi connectivity index (χ1) is 16.4. The van der Waals surface area contributed by atoms with E-state index in [-0.39, 0.29) is 31.2 Å². The Hall–Kier alpha value is -3.35. The molecule has 0 atom stereocenters. The number of carbonyl (C=O) groups excluding carboxylic acids is 2. The lowest BCUT2D eigenvalue weighted by molar-refractivity contribution is -0.154. The Kier molecular flexibility index (Phi) is 8.68. The van der Waals surface area contributed by atoms with E-state index in [1.807, 2.05) is 60.7 Å². The number of benzene rings is 2. The molecule has 1 aliphatic heterocycles. The molecular weight excluding hydrogens is 430 g/mol. The average Bonchev–Trinajstić information content (AvgIpc) is 2.85. The van der Waals surface area contributed by atoms with Crippen LogP contribution in [0.15, 0.2) is 60.7 Å². The molecule has 1 fully saturated rings. The Morgan fingerprint density at radius 1 is 0.912 bits per heavy atom. The van der Waals surface area contributed by atoms with Gasteiger partial charge in [-0.25, -0.2) is 4.79 Å². The highest BCUT2D eigenvalue weighted by molar-refractivity contribution is 6.02. The SMILES string of the molecule is CCCCCN(C)C(=O)N1CCC(CC(=O)N(c2ccccc2)c2ccccc2)(C(=O)O)CC1. The Bertz CT molecular complexity index is 917. The van der Waals surface area contributed by atoms with Gasteiger partial charge in [0.25, 0.3) is 0 Å². The Morgan fingerprint density at radius 2 is 1.44 bits per heavy atom. The second-order valence-corrected chi connectivity index (χ2v) is 9.06. The van der Waals surface area contributed by atoms with E-state index in [2.05, 4.69) is 6.92 Å². The highest BCUT2D eigenvalue weighted by Gasteiger charge is 2.45. The van der Waals surface area contributed by atoms with Crippen molar-refractivity contribution in [2.24, 2.45) is 5.41 Å². The van der Waals surface area contributed by atoms with Crippen LogP contribution in [0.25, 0.3) is 0 Å². The van der Waals surface area contributed by atoms with Gasteiger partial charge in [-0.15, -0.1) is 0 Å². The van der Waals surface area contributed by atoms with Crippen molar-refractivity contribution >= 4 is 29.3 Å². The van der Waals surface area contributed by atoms with Crippen LogP contribution in [-0.4, -0.2) is 59.5 Å². The fourth-order valence-corrected chi connectivity index (χ4v) is 4.49. The normalized spacial score (nSPS) is 14.9. The zero-order valence-corrected chi connectivity index (χ0v) is 20.2. The molecule has 1 saturated heterocycles. The number of amides is 3. The number of carboxylic acids is 1. The van der Waals surface area contributed by atoms with Crippen molar-refractivity contribution in [3.63, 3.8) is 0 Å². The fourth-order valence-electron chi connectivity index (χ4n) is 4.49. The summed E-state index contributed by atoms with van der Waals surface area (Å²) < 4.78 is 0. The number of hydrogen-bond acceptors (Lipinski definition) is 3. The molecule has 0 aliphatic carbocycles. The number of unbranched alkanes of at least 4 members (excludes halogenated alkanes) is 2. The standard InChI is InChI=1S/C27H35N3O4/c1-3-4-11-18-28(2)26(34)29-19-16-27(17-20-29,25(32)33)21-24(31)30(22-12-7-5-8-13-22)23-14-9-6-10-15-23/h5-10,12-15H,3-4,11,16-21H2,1-2H3,(H,32,33). The molecule has 0 bridgehead atoms. The van der Waals surface area contributed by atoms with Crippen LogP contribution in [0, 0.1) is 5.41 Å². The topological polar surface area (TPSA) is 81.2 Å². The van der Waals surface area contributed by atoms with Gasteiger partial charge >= 0.3 is 12.0 Å². The first kappa shape index (κ1) is 25.3. The summed E-state index contributed by atoms with van der Waals surface area (Å²) in [7, 11) is 1.79. The van der Waals surface area contributed by atoms with E-state index in [0.29, 0.717) is 31.0 Å². The summed E-state index contributed by atoms with van der Waals surface area (Å²) in [4.78, 5) is 43.8. The summed E-state index contributed by atoms with van der Waals surface area (Å²) in [6, 6.07) is 18.5. The Balaban J connectivity index is 1.73. The minimum absolute atomic E-state index is 0.0726. The lowest BCUT2D eigenvalue weighted by Crippen LogP contribution is -2.51.